The zero-order valence-corrected chi connectivity index (χ0v) is 25.6. The highest BCUT2D eigenvalue weighted by molar-refractivity contribution is 7.98. The molecule has 224 valence electrons. The van der Waals surface area contributed by atoms with Crippen molar-refractivity contribution in [3.8, 4) is 16.9 Å². The Balaban J connectivity index is 1.86. The lowest BCUT2D eigenvalue weighted by molar-refractivity contribution is -0.126. The number of carbonyl (C=O) groups excluding carboxylic acids is 1. The molecule has 4 heterocycles. The molecule has 1 fully saturated rings. The molecule has 0 spiro atoms. The molecule has 1 amide bonds. The minimum atomic E-state index is -0.832. The summed E-state index contributed by atoms with van der Waals surface area (Å²) in [5.41, 5.74) is 5.69. The van der Waals surface area contributed by atoms with E-state index in [4.69, 9.17) is 22.3 Å². The first-order valence-electron chi connectivity index (χ1n) is 13.6. The first-order valence-corrected chi connectivity index (χ1v) is 15.2. The zero-order valence-electron chi connectivity index (χ0n) is 24.1. The van der Waals surface area contributed by atoms with Gasteiger partial charge in [-0.3, -0.25) is 9.78 Å². The molecule has 5 rings (SSSR count). The van der Waals surface area contributed by atoms with Crippen molar-refractivity contribution in [2.45, 2.75) is 37.6 Å². The van der Waals surface area contributed by atoms with Gasteiger partial charge in [-0.2, -0.15) is 4.98 Å². The lowest BCUT2D eigenvalue weighted by atomic mass is 10.1. The number of hydrogen-bond acceptors (Lipinski definition) is 8. The predicted molar refractivity (Wildman–Crippen MR) is 167 cm³/mol. The molecule has 0 bridgehead atoms. The number of rotatable bonds is 6. The Morgan fingerprint density at radius 2 is 1.93 bits per heavy atom. The van der Waals surface area contributed by atoms with E-state index >= 15 is 4.39 Å². The molecule has 9 nitrogen and oxygen atoms in total. The highest BCUT2D eigenvalue weighted by Crippen LogP contribution is 2.39. The number of carbonyl (C=O) groups is 1. The molecule has 3 aromatic heterocycles. The van der Waals surface area contributed by atoms with Gasteiger partial charge >= 0.3 is 5.69 Å². The molecule has 0 unspecified atom stereocenters. The van der Waals surface area contributed by atoms with E-state index in [0.29, 0.717) is 42.2 Å². The second kappa shape index (κ2) is 11.9. The van der Waals surface area contributed by atoms with Crippen LogP contribution in [0, 0.1) is 11.6 Å². The summed E-state index contributed by atoms with van der Waals surface area (Å²) in [7, 11) is 0. The SMILES string of the molecule is C=CC(=O)N1CCN(c2nc(=O)n(-c3c(SC)ccnc3C(C)C)c3nc(-c4c(F)ccc(F)c4N)c(Cl)cc23)[C@@H](C)C1. The van der Waals surface area contributed by atoms with Gasteiger partial charge in [0.15, 0.2) is 5.65 Å². The van der Waals surface area contributed by atoms with Crippen LogP contribution in [0.5, 0.6) is 0 Å². The van der Waals surface area contributed by atoms with Crippen LogP contribution in [0.15, 0.2) is 52.8 Å². The number of aromatic nitrogens is 4. The molecular weight excluding hydrogens is 596 g/mol. The van der Waals surface area contributed by atoms with Crippen molar-refractivity contribution in [3.63, 3.8) is 0 Å². The molecule has 0 saturated carbocycles. The molecule has 1 aromatic carbocycles. The molecule has 1 aliphatic heterocycles. The molecule has 13 heteroatoms. The zero-order chi connectivity index (χ0) is 31.2. The number of nitrogen functional groups attached to an aromatic ring is 1. The van der Waals surface area contributed by atoms with Crippen LogP contribution in [0.3, 0.4) is 0 Å². The summed E-state index contributed by atoms with van der Waals surface area (Å²) in [5.74, 6) is -1.61. The van der Waals surface area contributed by atoms with E-state index in [1.807, 2.05) is 31.9 Å². The standard InChI is InChI=1S/C30H30ClF2N7O2S/c1-6-22(41)38-11-12-39(16(4)14-38)28-17-13-18(31)26(23-19(32)7-8-20(33)24(23)34)36-29(17)40(30(42)37-28)27-21(43-5)9-10-35-25(27)15(2)3/h6-10,13,15-16H,1,11-12,14,34H2,2-5H3/t16-/m0/s1. The minimum Gasteiger partial charge on any atom is -0.396 e. The monoisotopic (exact) mass is 625 g/mol. The second-order valence-electron chi connectivity index (χ2n) is 10.5. The highest BCUT2D eigenvalue weighted by atomic mass is 35.5. The number of nitrogens with two attached hydrogens (primary N) is 1. The van der Waals surface area contributed by atoms with Crippen molar-refractivity contribution >= 4 is 51.8 Å². The van der Waals surface area contributed by atoms with Gasteiger partial charge in [-0.1, -0.05) is 32.0 Å². The van der Waals surface area contributed by atoms with Gasteiger partial charge in [-0.05, 0) is 49.4 Å². The average Bonchev–Trinajstić information content (AvgIpc) is 2.98. The number of nitrogens with zero attached hydrogens (tertiary/aromatic N) is 6. The number of pyridine rings is 2. The summed E-state index contributed by atoms with van der Waals surface area (Å²) in [4.78, 5) is 44.5. The lowest BCUT2D eigenvalue weighted by Gasteiger charge is -2.40. The van der Waals surface area contributed by atoms with Crippen LogP contribution in [0.4, 0.5) is 20.3 Å². The Morgan fingerprint density at radius 1 is 1.21 bits per heavy atom. The molecule has 1 atom stereocenters. The Hall–Kier alpha value is -4.03. The Labute approximate surface area is 256 Å². The molecular formula is C30H30ClF2N7O2S. The largest absolute Gasteiger partial charge is 0.396 e. The Bertz CT molecular complexity index is 1830. The fraction of sp³-hybridized carbons (Fsp3) is 0.300. The Morgan fingerprint density at radius 3 is 2.58 bits per heavy atom. The maximum Gasteiger partial charge on any atom is 0.355 e. The molecule has 0 aliphatic carbocycles. The quantitative estimate of drug-likeness (QED) is 0.172. The predicted octanol–water partition coefficient (Wildman–Crippen LogP) is 5.42. The van der Waals surface area contributed by atoms with E-state index in [2.05, 4.69) is 16.5 Å². The number of amides is 1. The first kappa shape index (κ1) is 30.4. The van der Waals surface area contributed by atoms with Gasteiger partial charge in [0.05, 0.1) is 38.7 Å². The normalized spacial score (nSPS) is 15.4. The van der Waals surface area contributed by atoms with Gasteiger partial charge in [0, 0.05) is 36.8 Å². The molecule has 4 aromatic rings. The van der Waals surface area contributed by atoms with Crippen molar-refractivity contribution in [1.29, 1.82) is 0 Å². The lowest BCUT2D eigenvalue weighted by Crippen LogP contribution is -2.54. The number of hydrogen-bond donors (Lipinski definition) is 1. The van der Waals surface area contributed by atoms with Gasteiger partial charge in [0.25, 0.3) is 0 Å². The van der Waals surface area contributed by atoms with Crippen LogP contribution < -0.4 is 16.3 Å². The van der Waals surface area contributed by atoms with E-state index in [1.54, 1.807) is 23.2 Å². The van der Waals surface area contributed by atoms with Crippen LogP contribution in [0.1, 0.15) is 32.4 Å². The van der Waals surface area contributed by atoms with Gasteiger partial charge in [-0.25, -0.2) is 23.1 Å². The van der Waals surface area contributed by atoms with Crippen molar-refractivity contribution in [2.24, 2.45) is 0 Å². The average molecular weight is 626 g/mol. The third-order valence-electron chi connectivity index (χ3n) is 7.47. The summed E-state index contributed by atoms with van der Waals surface area (Å²) >= 11 is 8.14. The summed E-state index contributed by atoms with van der Waals surface area (Å²) in [6, 6.07) is 4.97. The van der Waals surface area contributed by atoms with Gasteiger partial charge in [-0.15, -0.1) is 11.8 Å². The minimum absolute atomic E-state index is 0.00886. The molecule has 2 N–H and O–H groups in total. The first-order chi connectivity index (χ1) is 20.5. The molecule has 1 aliphatic rings. The van der Waals surface area contributed by atoms with Crippen LogP contribution in [-0.2, 0) is 4.79 Å². The van der Waals surface area contributed by atoms with Gasteiger partial charge < -0.3 is 15.5 Å². The number of piperazine rings is 1. The van der Waals surface area contributed by atoms with Crippen molar-refractivity contribution in [2.75, 3.05) is 36.5 Å². The Kier molecular flexibility index (Phi) is 8.44. The molecule has 1 saturated heterocycles. The second-order valence-corrected chi connectivity index (χ2v) is 11.7. The summed E-state index contributed by atoms with van der Waals surface area (Å²) in [6.45, 7) is 10.5. The molecule has 0 radical (unpaired) electrons. The van der Waals surface area contributed by atoms with E-state index in [-0.39, 0.29) is 39.8 Å². The van der Waals surface area contributed by atoms with Crippen molar-refractivity contribution in [1.82, 2.24) is 24.4 Å². The van der Waals surface area contributed by atoms with E-state index in [1.165, 1.54) is 22.4 Å². The summed E-state index contributed by atoms with van der Waals surface area (Å²) in [6.07, 6.45) is 4.81. The molecule has 43 heavy (non-hydrogen) atoms. The van der Waals surface area contributed by atoms with E-state index in [0.717, 1.165) is 17.0 Å². The number of thioether (sulfide) groups is 1. The third kappa shape index (κ3) is 5.33. The van der Waals surface area contributed by atoms with E-state index < -0.39 is 23.0 Å². The van der Waals surface area contributed by atoms with Crippen molar-refractivity contribution in [3.05, 3.63) is 76.0 Å². The summed E-state index contributed by atoms with van der Waals surface area (Å²) in [5, 5.41) is 0.398. The number of fused-ring (bicyclic) bond motifs is 1. The third-order valence-corrected chi connectivity index (χ3v) is 8.53. The van der Waals surface area contributed by atoms with Crippen LogP contribution >= 0.6 is 23.4 Å². The van der Waals surface area contributed by atoms with Crippen molar-refractivity contribution < 1.29 is 13.6 Å². The van der Waals surface area contributed by atoms with Crippen LogP contribution in [0.25, 0.3) is 28.0 Å². The van der Waals surface area contributed by atoms with Gasteiger partial charge in [0.2, 0.25) is 5.91 Å². The van der Waals surface area contributed by atoms with Crippen LogP contribution in [-0.4, -0.2) is 62.3 Å². The fourth-order valence-electron chi connectivity index (χ4n) is 5.37. The number of anilines is 2. The van der Waals surface area contributed by atoms with Gasteiger partial charge in [0.1, 0.15) is 17.5 Å². The number of benzene rings is 1. The maximum atomic E-state index is 15.2. The number of halogens is 3. The smallest absolute Gasteiger partial charge is 0.355 e. The summed E-state index contributed by atoms with van der Waals surface area (Å²) < 4.78 is 31.0. The highest BCUT2D eigenvalue weighted by Gasteiger charge is 2.31. The van der Waals surface area contributed by atoms with E-state index in [9.17, 15) is 14.0 Å². The topological polar surface area (TPSA) is 110 Å². The maximum absolute atomic E-state index is 15.2. The van der Waals surface area contributed by atoms with Crippen LogP contribution in [0.2, 0.25) is 5.02 Å². The fourth-order valence-corrected chi connectivity index (χ4v) is 6.21.